The average molecular weight is 344 g/mol. The van der Waals surface area contributed by atoms with Gasteiger partial charge in [-0.15, -0.1) is 11.3 Å². The standard InChI is InChI=1S/C17H16N2O2S2/c1-11-15(23-17(19-11)12-5-3-2-4-6-12)16(21)18-9-14(20)13-7-8-22-10-13/h2-8,10,14,20H,9H2,1H3,(H,18,21). The van der Waals surface area contributed by atoms with E-state index in [4.69, 9.17) is 0 Å². The third-order valence-corrected chi connectivity index (χ3v) is 5.31. The summed E-state index contributed by atoms with van der Waals surface area (Å²) in [6.45, 7) is 2.01. The van der Waals surface area contributed by atoms with Crippen LogP contribution in [0.3, 0.4) is 0 Å². The number of aryl methyl sites for hydroxylation is 1. The van der Waals surface area contributed by atoms with E-state index in [1.165, 1.54) is 22.7 Å². The topological polar surface area (TPSA) is 62.2 Å². The number of aliphatic hydroxyl groups excluding tert-OH is 1. The molecule has 1 unspecified atom stereocenters. The summed E-state index contributed by atoms with van der Waals surface area (Å²) in [6.07, 6.45) is -0.688. The Labute approximate surface area is 142 Å². The highest BCUT2D eigenvalue weighted by molar-refractivity contribution is 7.17. The van der Waals surface area contributed by atoms with Gasteiger partial charge in [-0.05, 0) is 29.3 Å². The van der Waals surface area contributed by atoms with Gasteiger partial charge in [-0.2, -0.15) is 11.3 Å². The molecular formula is C17H16N2O2S2. The zero-order valence-electron chi connectivity index (χ0n) is 12.5. The highest BCUT2D eigenvalue weighted by Gasteiger charge is 2.17. The van der Waals surface area contributed by atoms with Crippen LogP contribution >= 0.6 is 22.7 Å². The zero-order valence-corrected chi connectivity index (χ0v) is 14.2. The van der Waals surface area contributed by atoms with E-state index in [0.717, 1.165) is 16.1 Å². The Balaban J connectivity index is 1.69. The van der Waals surface area contributed by atoms with E-state index in [1.54, 1.807) is 0 Å². The quantitative estimate of drug-likeness (QED) is 0.743. The van der Waals surface area contributed by atoms with Crippen molar-refractivity contribution in [2.24, 2.45) is 0 Å². The lowest BCUT2D eigenvalue weighted by atomic mass is 10.2. The van der Waals surface area contributed by atoms with Crippen molar-refractivity contribution in [2.45, 2.75) is 13.0 Å². The summed E-state index contributed by atoms with van der Waals surface area (Å²) in [5.74, 6) is -0.198. The van der Waals surface area contributed by atoms with Crippen molar-refractivity contribution in [1.82, 2.24) is 10.3 Å². The van der Waals surface area contributed by atoms with E-state index >= 15 is 0 Å². The Morgan fingerprint density at radius 2 is 2.09 bits per heavy atom. The number of benzene rings is 1. The fourth-order valence-corrected chi connectivity index (χ4v) is 3.86. The van der Waals surface area contributed by atoms with E-state index in [9.17, 15) is 9.90 Å². The number of thiophene rings is 1. The first kappa shape index (κ1) is 15.9. The van der Waals surface area contributed by atoms with Gasteiger partial charge in [0.25, 0.3) is 5.91 Å². The van der Waals surface area contributed by atoms with Crippen molar-refractivity contribution in [2.75, 3.05) is 6.54 Å². The van der Waals surface area contributed by atoms with E-state index in [0.29, 0.717) is 10.6 Å². The molecule has 1 amide bonds. The Kier molecular flexibility index (Phi) is 4.85. The molecule has 0 fully saturated rings. The first-order valence-electron chi connectivity index (χ1n) is 7.16. The Morgan fingerprint density at radius 1 is 1.30 bits per heavy atom. The molecule has 1 atom stereocenters. The van der Waals surface area contributed by atoms with Crippen molar-refractivity contribution < 1.29 is 9.90 Å². The number of nitrogens with one attached hydrogen (secondary N) is 1. The van der Waals surface area contributed by atoms with Gasteiger partial charge in [-0.25, -0.2) is 4.98 Å². The SMILES string of the molecule is Cc1nc(-c2ccccc2)sc1C(=O)NCC(O)c1ccsc1. The summed E-state index contributed by atoms with van der Waals surface area (Å²) in [5, 5.41) is 17.4. The summed E-state index contributed by atoms with van der Waals surface area (Å²) >= 11 is 2.89. The third kappa shape index (κ3) is 3.67. The van der Waals surface area contributed by atoms with Crippen LogP contribution in [-0.4, -0.2) is 22.5 Å². The van der Waals surface area contributed by atoms with E-state index < -0.39 is 6.10 Å². The average Bonchev–Trinajstić information content (AvgIpc) is 3.23. The van der Waals surface area contributed by atoms with Crippen LogP contribution in [0.15, 0.2) is 47.2 Å². The van der Waals surface area contributed by atoms with Crippen molar-refractivity contribution in [1.29, 1.82) is 0 Å². The lowest BCUT2D eigenvalue weighted by Crippen LogP contribution is -2.28. The fraction of sp³-hybridized carbons (Fsp3) is 0.176. The summed E-state index contributed by atoms with van der Waals surface area (Å²) < 4.78 is 0. The van der Waals surface area contributed by atoms with Crippen LogP contribution in [0.1, 0.15) is 27.0 Å². The molecular weight excluding hydrogens is 328 g/mol. The molecule has 2 aromatic heterocycles. The van der Waals surface area contributed by atoms with Gasteiger partial charge in [0.1, 0.15) is 9.88 Å². The predicted molar refractivity (Wildman–Crippen MR) is 93.9 cm³/mol. The fourth-order valence-electron chi connectivity index (χ4n) is 2.16. The minimum absolute atomic E-state index is 0.188. The Hall–Kier alpha value is -2.02. The van der Waals surface area contributed by atoms with Crippen LogP contribution < -0.4 is 5.32 Å². The number of nitrogens with zero attached hydrogens (tertiary/aromatic N) is 1. The number of amides is 1. The first-order valence-corrected chi connectivity index (χ1v) is 8.92. The second-order valence-corrected chi connectivity index (χ2v) is 6.86. The second-order valence-electron chi connectivity index (χ2n) is 5.08. The molecule has 0 saturated carbocycles. The molecule has 23 heavy (non-hydrogen) atoms. The lowest BCUT2D eigenvalue weighted by Gasteiger charge is -2.09. The monoisotopic (exact) mass is 344 g/mol. The van der Waals surface area contributed by atoms with Gasteiger partial charge in [0, 0.05) is 12.1 Å². The van der Waals surface area contributed by atoms with Crippen molar-refractivity contribution >= 4 is 28.6 Å². The Bertz CT molecular complexity index is 782. The van der Waals surface area contributed by atoms with Crippen LogP contribution in [0.4, 0.5) is 0 Å². The van der Waals surface area contributed by atoms with Crippen LogP contribution in [-0.2, 0) is 0 Å². The van der Waals surface area contributed by atoms with Crippen LogP contribution in [0.2, 0.25) is 0 Å². The molecule has 3 aromatic rings. The summed E-state index contributed by atoms with van der Waals surface area (Å²) in [4.78, 5) is 17.4. The van der Waals surface area contributed by atoms with E-state index in [-0.39, 0.29) is 12.5 Å². The maximum Gasteiger partial charge on any atom is 0.263 e. The molecule has 4 nitrogen and oxygen atoms in total. The number of rotatable bonds is 5. The van der Waals surface area contributed by atoms with Crippen LogP contribution in [0.25, 0.3) is 10.6 Å². The molecule has 2 heterocycles. The minimum atomic E-state index is -0.688. The van der Waals surface area contributed by atoms with Gasteiger partial charge >= 0.3 is 0 Å². The minimum Gasteiger partial charge on any atom is -0.387 e. The molecule has 0 radical (unpaired) electrons. The summed E-state index contributed by atoms with van der Waals surface area (Å²) in [7, 11) is 0. The molecule has 0 aliphatic rings. The maximum atomic E-state index is 12.3. The number of aromatic nitrogens is 1. The molecule has 0 aliphatic heterocycles. The molecule has 0 spiro atoms. The number of thiazole rings is 1. The highest BCUT2D eigenvalue weighted by Crippen LogP contribution is 2.27. The number of hydrogen-bond donors (Lipinski definition) is 2. The highest BCUT2D eigenvalue weighted by atomic mass is 32.1. The number of hydrogen-bond acceptors (Lipinski definition) is 5. The van der Waals surface area contributed by atoms with Gasteiger partial charge < -0.3 is 10.4 Å². The maximum absolute atomic E-state index is 12.3. The van der Waals surface area contributed by atoms with Crippen molar-refractivity contribution in [3.8, 4) is 10.6 Å². The molecule has 0 aliphatic carbocycles. The van der Waals surface area contributed by atoms with Gasteiger partial charge in [-0.3, -0.25) is 4.79 Å². The predicted octanol–water partition coefficient (Wildman–Crippen LogP) is 3.64. The molecule has 3 rings (SSSR count). The van der Waals surface area contributed by atoms with E-state index in [2.05, 4.69) is 10.3 Å². The molecule has 0 saturated heterocycles. The van der Waals surface area contributed by atoms with Gasteiger partial charge in [0.05, 0.1) is 11.8 Å². The van der Waals surface area contributed by atoms with Crippen LogP contribution in [0.5, 0.6) is 0 Å². The lowest BCUT2D eigenvalue weighted by molar-refractivity contribution is 0.0920. The van der Waals surface area contributed by atoms with Crippen molar-refractivity contribution in [3.63, 3.8) is 0 Å². The number of aliphatic hydroxyl groups is 1. The largest absolute Gasteiger partial charge is 0.387 e. The van der Waals surface area contributed by atoms with Gasteiger partial charge in [-0.1, -0.05) is 30.3 Å². The molecule has 0 bridgehead atoms. The van der Waals surface area contributed by atoms with Crippen molar-refractivity contribution in [3.05, 3.63) is 63.3 Å². The van der Waals surface area contributed by atoms with Gasteiger partial charge in [0.15, 0.2) is 0 Å². The zero-order chi connectivity index (χ0) is 16.2. The first-order chi connectivity index (χ1) is 11.1. The molecule has 118 valence electrons. The van der Waals surface area contributed by atoms with Crippen LogP contribution in [0, 0.1) is 6.92 Å². The molecule has 2 N–H and O–H groups in total. The normalized spacial score (nSPS) is 12.1. The number of carbonyl (C=O) groups is 1. The summed E-state index contributed by atoms with van der Waals surface area (Å²) in [6, 6.07) is 11.6. The van der Waals surface area contributed by atoms with E-state index in [1.807, 2.05) is 54.1 Å². The summed E-state index contributed by atoms with van der Waals surface area (Å²) in [5.41, 5.74) is 2.52. The Morgan fingerprint density at radius 3 is 2.78 bits per heavy atom. The second kappa shape index (κ2) is 7.04. The third-order valence-electron chi connectivity index (χ3n) is 3.41. The molecule has 6 heteroatoms. The molecule has 1 aromatic carbocycles. The number of carbonyl (C=O) groups excluding carboxylic acids is 1. The smallest absolute Gasteiger partial charge is 0.263 e. The van der Waals surface area contributed by atoms with Gasteiger partial charge in [0.2, 0.25) is 0 Å².